The van der Waals surface area contributed by atoms with Gasteiger partial charge >= 0.3 is 0 Å². The molecule has 2 bridgehead atoms. The van der Waals surface area contributed by atoms with Crippen LogP contribution in [-0.4, -0.2) is 17.7 Å². The van der Waals surface area contributed by atoms with Crippen LogP contribution < -0.4 is 5.73 Å². The maximum absolute atomic E-state index is 6.40. The Hall–Kier alpha value is -0.0800. The lowest BCUT2D eigenvalue weighted by Gasteiger charge is -2.31. The van der Waals surface area contributed by atoms with Crippen LogP contribution in [0.15, 0.2) is 0 Å². The Morgan fingerprint density at radius 3 is 2.62 bits per heavy atom. The summed E-state index contributed by atoms with van der Waals surface area (Å²) in [5.41, 5.74) is 6.46. The molecule has 0 amide bonds. The second-order valence-electron chi connectivity index (χ2n) is 5.24. The summed E-state index contributed by atoms with van der Waals surface area (Å²) in [7, 11) is 0. The van der Waals surface area contributed by atoms with Crippen LogP contribution in [0.2, 0.25) is 0 Å². The Labute approximate surface area is 79.8 Å². The van der Waals surface area contributed by atoms with Crippen LogP contribution in [0.3, 0.4) is 0 Å². The van der Waals surface area contributed by atoms with Crippen molar-refractivity contribution in [1.82, 2.24) is 0 Å². The molecule has 2 N–H and O–H groups in total. The third-order valence-electron chi connectivity index (χ3n) is 4.07. The molecule has 74 valence electrons. The van der Waals surface area contributed by atoms with Gasteiger partial charge in [0.1, 0.15) is 0 Å². The zero-order valence-corrected chi connectivity index (χ0v) is 8.17. The van der Waals surface area contributed by atoms with Gasteiger partial charge in [0, 0.05) is 5.54 Å². The molecular formula is C11H19NO. The molecule has 2 heterocycles. The highest BCUT2D eigenvalue weighted by molar-refractivity contribution is 5.05. The SMILES string of the molecule is NC1(CCC2CC2)CC2CCC1O2. The van der Waals surface area contributed by atoms with E-state index in [2.05, 4.69) is 0 Å². The average molecular weight is 181 g/mol. The smallest absolute Gasteiger partial charge is 0.0760 e. The van der Waals surface area contributed by atoms with E-state index in [0.29, 0.717) is 12.2 Å². The molecule has 0 spiro atoms. The monoisotopic (exact) mass is 181 g/mol. The van der Waals surface area contributed by atoms with Crippen molar-refractivity contribution in [3.63, 3.8) is 0 Å². The Bertz CT molecular complexity index is 214. The molecule has 3 aliphatic rings. The first kappa shape index (κ1) is 8.25. The highest BCUT2D eigenvalue weighted by Crippen LogP contribution is 2.45. The van der Waals surface area contributed by atoms with Crippen molar-refractivity contribution in [3.05, 3.63) is 0 Å². The van der Waals surface area contributed by atoms with E-state index in [0.717, 1.165) is 12.3 Å². The van der Waals surface area contributed by atoms with Crippen molar-refractivity contribution in [2.75, 3.05) is 0 Å². The van der Waals surface area contributed by atoms with Crippen LogP contribution >= 0.6 is 0 Å². The molecule has 3 fully saturated rings. The third-order valence-corrected chi connectivity index (χ3v) is 4.07. The third kappa shape index (κ3) is 1.40. The van der Waals surface area contributed by atoms with Crippen molar-refractivity contribution in [2.24, 2.45) is 11.7 Å². The number of rotatable bonds is 3. The van der Waals surface area contributed by atoms with E-state index in [9.17, 15) is 0 Å². The fourth-order valence-corrected chi connectivity index (χ4v) is 2.98. The van der Waals surface area contributed by atoms with Crippen molar-refractivity contribution < 1.29 is 4.74 Å². The quantitative estimate of drug-likeness (QED) is 0.721. The van der Waals surface area contributed by atoms with E-state index in [1.807, 2.05) is 0 Å². The van der Waals surface area contributed by atoms with E-state index >= 15 is 0 Å². The van der Waals surface area contributed by atoms with E-state index < -0.39 is 0 Å². The van der Waals surface area contributed by atoms with E-state index in [-0.39, 0.29) is 5.54 Å². The lowest BCUT2D eigenvalue weighted by molar-refractivity contribution is 0.0830. The number of hydrogen-bond acceptors (Lipinski definition) is 2. The molecule has 2 nitrogen and oxygen atoms in total. The summed E-state index contributed by atoms with van der Waals surface area (Å²) in [6.45, 7) is 0. The Kier molecular flexibility index (Phi) is 1.72. The number of ether oxygens (including phenoxy) is 1. The minimum absolute atomic E-state index is 0.0610. The molecule has 2 aliphatic heterocycles. The topological polar surface area (TPSA) is 35.2 Å². The van der Waals surface area contributed by atoms with Crippen LogP contribution in [-0.2, 0) is 4.74 Å². The molecule has 0 radical (unpaired) electrons. The maximum atomic E-state index is 6.40. The van der Waals surface area contributed by atoms with Crippen LogP contribution in [0.5, 0.6) is 0 Å². The first-order valence-corrected chi connectivity index (χ1v) is 5.71. The zero-order valence-electron chi connectivity index (χ0n) is 8.17. The highest BCUT2D eigenvalue weighted by atomic mass is 16.5. The minimum Gasteiger partial charge on any atom is -0.373 e. The van der Waals surface area contributed by atoms with Gasteiger partial charge in [-0.2, -0.15) is 0 Å². The first-order valence-electron chi connectivity index (χ1n) is 5.71. The second-order valence-corrected chi connectivity index (χ2v) is 5.24. The molecule has 0 aromatic carbocycles. The fourth-order valence-electron chi connectivity index (χ4n) is 2.98. The fraction of sp³-hybridized carbons (Fsp3) is 1.00. The molecule has 2 saturated heterocycles. The molecule has 13 heavy (non-hydrogen) atoms. The van der Waals surface area contributed by atoms with Gasteiger partial charge < -0.3 is 10.5 Å². The standard InChI is InChI=1S/C11H19NO/c12-11(6-5-8-1-2-8)7-9-3-4-10(11)13-9/h8-10H,1-7,12H2. The van der Waals surface area contributed by atoms with Crippen LogP contribution in [0, 0.1) is 5.92 Å². The zero-order chi connectivity index (χ0) is 8.89. The summed E-state index contributed by atoms with van der Waals surface area (Å²) in [5.74, 6) is 1.01. The van der Waals surface area contributed by atoms with E-state index in [4.69, 9.17) is 10.5 Å². The summed E-state index contributed by atoms with van der Waals surface area (Å²) in [6.07, 6.45) is 9.96. The molecule has 1 aliphatic carbocycles. The van der Waals surface area contributed by atoms with Gasteiger partial charge in [-0.25, -0.2) is 0 Å². The first-order chi connectivity index (χ1) is 6.26. The van der Waals surface area contributed by atoms with E-state index in [1.165, 1.54) is 38.5 Å². The molecule has 0 aromatic heterocycles. The maximum Gasteiger partial charge on any atom is 0.0760 e. The Balaban J connectivity index is 1.60. The lowest BCUT2D eigenvalue weighted by Crippen LogP contribution is -2.48. The van der Waals surface area contributed by atoms with Crippen molar-refractivity contribution in [1.29, 1.82) is 0 Å². The van der Waals surface area contributed by atoms with Crippen LogP contribution in [0.25, 0.3) is 0 Å². The Morgan fingerprint density at radius 2 is 2.08 bits per heavy atom. The van der Waals surface area contributed by atoms with E-state index in [1.54, 1.807) is 0 Å². The molecular weight excluding hydrogens is 162 g/mol. The lowest BCUT2D eigenvalue weighted by atomic mass is 9.79. The molecule has 3 atom stereocenters. The molecule has 0 aromatic rings. The predicted octanol–water partition coefficient (Wildman–Crippen LogP) is 1.83. The van der Waals surface area contributed by atoms with Gasteiger partial charge in [0.15, 0.2) is 0 Å². The number of hydrogen-bond donors (Lipinski definition) is 1. The van der Waals surface area contributed by atoms with Gasteiger partial charge in [0.25, 0.3) is 0 Å². The van der Waals surface area contributed by atoms with Gasteiger partial charge in [-0.05, 0) is 38.0 Å². The predicted molar refractivity (Wildman–Crippen MR) is 51.4 cm³/mol. The number of nitrogens with two attached hydrogens (primary N) is 1. The molecule has 3 unspecified atom stereocenters. The summed E-state index contributed by atoms with van der Waals surface area (Å²) in [4.78, 5) is 0. The summed E-state index contributed by atoms with van der Waals surface area (Å²) >= 11 is 0. The summed E-state index contributed by atoms with van der Waals surface area (Å²) in [6, 6.07) is 0. The van der Waals surface area contributed by atoms with Crippen LogP contribution in [0.4, 0.5) is 0 Å². The summed E-state index contributed by atoms with van der Waals surface area (Å²) < 4.78 is 5.82. The van der Waals surface area contributed by atoms with Gasteiger partial charge in [0.2, 0.25) is 0 Å². The second kappa shape index (κ2) is 2.71. The largest absolute Gasteiger partial charge is 0.373 e. The minimum atomic E-state index is 0.0610. The van der Waals surface area contributed by atoms with Gasteiger partial charge in [-0.1, -0.05) is 12.8 Å². The average Bonchev–Trinajstić information content (AvgIpc) is 2.75. The van der Waals surface area contributed by atoms with Gasteiger partial charge in [-0.15, -0.1) is 0 Å². The van der Waals surface area contributed by atoms with Crippen molar-refractivity contribution in [3.8, 4) is 0 Å². The van der Waals surface area contributed by atoms with Crippen molar-refractivity contribution >= 4 is 0 Å². The Morgan fingerprint density at radius 1 is 1.23 bits per heavy atom. The van der Waals surface area contributed by atoms with Gasteiger partial charge in [0.05, 0.1) is 12.2 Å². The summed E-state index contributed by atoms with van der Waals surface area (Å²) in [5, 5.41) is 0. The number of fused-ring (bicyclic) bond motifs is 2. The molecule has 2 heteroatoms. The van der Waals surface area contributed by atoms with Crippen LogP contribution in [0.1, 0.15) is 44.9 Å². The normalized spacial score (nSPS) is 48.7. The molecule has 1 saturated carbocycles. The highest BCUT2D eigenvalue weighted by Gasteiger charge is 2.49. The van der Waals surface area contributed by atoms with Gasteiger partial charge in [-0.3, -0.25) is 0 Å². The molecule has 3 rings (SSSR count). The van der Waals surface area contributed by atoms with Crippen molar-refractivity contribution in [2.45, 2.75) is 62.7 Å².